The van der Waals surface area contributed by atoms with E-state index < -0.39 is 0 Å². The third-order valence-electron chi connectivity index (χ3n) is 5.36. The summed E-state index contributed by atoms with van der Waals surface area (Å²) in [6.07, 6.45) is 6.72. The van der Waals surface area contributed by atoms with Crippen LogP contribution in [0.4, 0.5) is 0 Å². The number of nitrogens with zero attached hydrogens (tertiary/aromatic N) is 1. The Morgan fingerprint density at radius 2 is 1.95 bits per heavy atom. The van der Waals surface area contributed by atoms with Crippen LogP contribution in [-0.2, 0) is 4.79 Å². The molecule has 21 heavy (non-hydrogen) atoms. The van der Waals surface area contributed by atoms with E-state index in [1.54, 1.807) is 0 Å². The van der Waals surface area contributed by atoms with Crippen molar-refractivity contribution >= 4 is 5.91 Å². The Morgan fingerprint density at radius 1 is 1.29 bits per heavy atom. The summed E-state index contributed by atoms with van der Waals surface area (Å²) in [6.45, 7) is 10.7. The molecule has 0 aromatic heterocycles. The second kappa shape index (κ2) is 8.14. The minimum absolute atomic E-state index is 0.101. The molecule has 4 heteroatoms. The van der Waals surface area contributed by atoms with Crippen molar-refractivity contribution in [2.24, 2.45) is 11.3 Å². The maximum atomic E-state index is 12.6. The molecule has 0 unspecified atom stereocenters. The highest BCUT2D eigenvalue weighted by atomic mass is 16.2. The second-order valence-electron chi connectivity index (χ2n) is 7.06. The summed E-state index contributed by atoms with van der Waals surface area (Å²) < 4.78 is 0. The molecule has 0 bridgehead atoms. The van der Waals surface area contributed by atoms with Crippen LogP contribution in [0.25, 0.3) is 0 Å². The van der Waals surface area contributed by atoms with Crippen LogP contribution in [0.5, 0.6) is 0 Å². The van der Waals surface area contributed by atoms with E-state index in [9.17, 15) is 4.79 Å². The first kappa shape index (κ1) is 16.8. The molecular weight excluding hydrogens is 262 g/mol. The van der Waals surface area contributed by atoms with Gasteiger partial charge in [0.15, 0.2) is 0 Å². The van der Waals surface area contributed by atoms with Crippen molar-refractivity contribution in [2.75, 3.05) is 39.3 Å². The molecule has 0 saturated carbocycles. The van der Waals surface area contributed by atoms with Crippen LogP contribution in [0, 0.1) is 11.3 Å². The lowest BCUT2D eigenvalue weighted by Gasteiger charge is -2.36. The van der Waals surface area contributed by atoms with Crippen molar-refractivity contribution in [3.05, 3.63) is 0 Å². The third-order valence-corrected chi connectivity index (χ3v) is 5.36. The molecule has 122 valence electrons. The van der Waals surface area contributed by atoms with E-state index in [2.05, 4.69) is 29.4 Å². The van der Waals surface area contributed by atoms with Gasteiger partial charge >= 0.3 is 0 Å². The minimum atomic E-state index is -0.101. The zero-order valence-electron chi connectivity index (χ0n) is 13.9. The van der Waals surface area contributed by atoms with E-state index in [-0.39, 0.29) is 5.41 Å². The maximum Gasteiger partial charge on any atom is 0.226 e. The van der Waals surface area contributed by atoms with Crippen molar-refractivity contribution in [1.82, 2.24) is 15.5 Å². The maximum absolute atomic E-state index is 12.6. The van der Waals surface area contributed by atoms with E-state index in [0.717, 1.165) is 57.8 Å². The Bertz CT molecular complexity index is 312. The zero-order valence-corrected chi connectivity index (χ0v) is 13.9. The van der Waals surface area contributed by atoms with Crippen molar-refractivity contribution < 1.29 is 4.79 Å². The molecule has 0 aromatic carbocycles. The third kappa shape index (κ3) is 4.68. The van der Waals surface area contributed by atoms with Gasteiger partial charge in [0, 0.05) is 13.1 Å². The van der Waals surface area contributed by atoms with Gasteiger partial charge in [-0.3, -0.25) is 4.79 Å². The predicted molar refractivity (Wildman–Crippen MR) is 87.3 cm³/mol. The lowest BCUT2D eigenvalue weighted by Crippen LogP contribution is -2.49. The SMILES string of the molecule is CCCC1(C(=O)NCCN2CCC(C)CC2)CCNCC1. The molecule has 0 radical (unpaired) electrons. The van der Waals surface area contributed by atoms with Crippen LogP contribution in [-0.4, -0.2) is 50.1 Å². The van der Waals surface area contributed by atoms with Gasteiger partial charge in [-0.2, -0.15) is 0 Å². The molecule has 4 nitrogen and oxygen atoms in total. The van der Waals surface area contributed by atoms with Gasteiger partial charge in [-0.05, 0) is 64.2 Å². The summed E-state index contributed by atoms with van der Waals surface area (Å²) in [7, 11) is 0. The molecule has 2 aliphatic heterocycles. The average molecular weight is 295 g/mol. The first-order valence-corrected chi connectivity index (χ1v) is 8.88. The van der Waals surface area contributed by atoms with Crippen molar-refractivity contribution in [2.45, 2.75) is 52.4 Å². The number of carbonyl (C=O) groups is 1. The Kier molecular flexibility index (Phi) is 6.49. The Labute approximate surface area is 130 Å². The number of hydrogen-bond donors (Lipinski definition) is 2. The lowest BCUT2D eigenvalue weighted by atomic mass is 9.74. The Hall–Kier alpha value is -0.610. The fourth-order valence-corrected chi connectivity index (χ4v) is 3.78. The van der Waals surface area contributed by atoms with Gasteiger partial charge < -0.3 is 15.5 Å². The zero-order chi connectivity index (χ0) is 15.1. The van der Waals surface area contributed by atoms with Gasteiger partial charge in [0.2, 0.25) is 5.91 Å². The molecule has 2 aliphatic rings. The fourth-order valence-electron chi connectivity index (χ4n) is 3.78. The fraction of sp³-hybridized carbons (Fsp3) is 0.941. The molecular formula is C17H33N3O. The normalized spacial score (nSPS) is 23.9. The Balaban J connectivity index is 1.74. The number of hydrogen-bond acceptors (Lipinski definition) is 3. The highest BCUT2D eigenvalue weighted by Crippen LogP contribution is 2.34. The van der Waals surface area contributed by atoms with Gasteiger partial charge in [0.05, 0.1) is 5.41 Å². The summed E-state index contributed by atoms with van der Waals surface area (Å²) in [5.74, 6) is 1.18. The molecule has 2 saturated heterocycles. The van der Waals surface area contributed by atoms with Crippen LogP contribution in [0.1, 0.15) is 52.4 Å². The smallest absolute Gasteiger partial charge is 0.226 e. The monoisotopic (exact) mass is 295 g/mol. The quantitative estimate of drug-likeness (QED) is 0.788. The molecule has 2 heterocycles. The van der Waals surface area contributed by atoms with Crippen molar-refractivity contribution in [3.63, 3.8) is 0 Å². The topological polar surface area (TPSA) is 44.4 Å². The second-order valence-corrected chi connectivity index (χ2v) is 7.06. The van der Waals surface area contributed by atoms with Crippen LogP contribution in [0.2, 0.25) is 0 Å². The highest BCUT2D eigenvalue weighted by Gasteiger charge is 2.38. The van der Waals surface area contributed by atoms with Crippen LogP contribution < -0.4 is 10.6 Å². The van der Waals surface area contributed by atoms with E-state index in [1.165, 1.54) is 25.9 Å². The minimum Gasteiger partial charge on any atom is -0.354 e. The summed E-state index contributed by atoms with van der Waals surface area (Å²) in [6, 6.07) is 0. The number of nitrogens with one attached hydrogen (secondary N) is 2. The van der Waals surface area contributed by atoms with E-state index in [1.807, 2.05) is 0 Å². The molecule has 0 aromatic rings. The number of likely N-dealkylation sites (tertiary alicyclic amines) is 1. The number of piperidine rings is 2. The number of amides is 1. The number of carbonyl (C=O) groups excluding carboxylic acids is 1. The van der Waals surface area contributed by atoms with E-state index in [0.29, 0.717) is 5.91 Å². The molecule has 1 amide bonds. The van der Waals surface area contributed by atoms with Crippen LogP contribution in [0.3, 0.4) is 0 Å². The van der Waals surface area contributed by atoms with Gasteiger partial charge in [0.1, 0.15) is 0 Å². The van der Waals surface area contributed by atoms with Gasteiger partial charge in [-0.1, -0.05) is 20.3 Å². The summed E-state index contributed by atoms with van der Waals surface area (Å²) in [5.41, 5.74) is -0.101. The van der Waals surface area contributed by atoms with Gasteiger partial charge in [-0.25, -0.2) is 0 Å². The van der Waals surface area contributed by atoms with E-state index >= 15 is 0 Å². The highest BCUT2D eigenvalue weighted by molar-refractivity contribution is 5.82. The summed E-state index contributed by atoms with van der Waals surface area (Å²) in [5, 5.41) is 6.60. The van der Waals surface area contributed by atoms with Gasteiger partial charge in [0.25, 0.3) is 0 Å². The largest absolute Gasteiger partial charge is 0.354 e. The molecule has 0 spiro atoms. The molecule has 0 atom stereocenters. The summed E-state index contributed by atoms with van der Waals surface area (Å²) in [4.78, 5) is 15.1. The first-order chi connectivity index (χ1) is 10.2. The molecule has 2 rings (SSSR count). The summed E-state index contributed by atoms with van der Waals surface area (Å²) >= 11 is 0. The van der Waals surface area contributed by atoms with Crippen molar-refractivity contribution in [3.8, 4) is 0 Å². The van der Waals surface area contributed by atoms with Crippen LogP contribution in [0.15, 0.2) is 0 Å². The molecule has 0 aliphatic carbocycles. The lowest BCUT2D eigenvalue weighted by molar-refractivity contribution is -0.133. The van der Waals surface area contributed by atoms with E-state index in [4.69, 9.17) is 0 Å². The Morgan fingerprint density at radius 3 is 2.57 bits per heavy atom. The molecule has 2 N–H and O–H groups in total. The molecule has 2 fully saturated rings. The number of rotatable bonds is 6. The average Bonchev–Trinajstić information content (AvgIpc) is 2.50. The predicted octanol–water partition coefficient (Wildman–Crippen LogP) is 2.00. The first-order valence-electron chi connectivity index (χ1n) is 8.88. The van der Waals surface area contributed by atoms with Crippen molar-refractivity contribution in [1.29, 1.82) is 0 Å². The van der Waals surface area contributed by atoms with Gasteiger partial charge in [-0.15, -0.1) is 0 Å². The van der Waals surface area contributed by atoms with Crippen LogP contribution >= 0.6 is 0 Å². The standard InChI is InChI=1S/C17H33N3O/c1-3-6-17(7-9-18-10-8-17)16(21)19-11-14-20-12-4-15(2)5-13-20/h15,18H,3-14H2,1-2H3,(H,19,21).